The van der Waals surface area contributed by atoms with Crippen molar-refractivity contribution in [2.45, 2.75) is 13.8 Å². The number of pyridine rings is 1. The van der Waals surface area contributed by atoms with E-state index < -0.39 is 0 Å². The van der Waals surface area contributed by atoms with Crippen molar-refractivity contribution in [1.29, 1.82) is 0 Å². The minimum Gasteiger partial charge on any atom is -0.495 e. The molecule has 0 spiro atoms. The summed E-state index contributed by atoms with van der Waals surface area (Å²) in [6, 6.07) is 1.81. The van der Waals surface area contributed by atoms with Crippen LogP contribution in [0.4, 0.5) is 0 Å². The molecule has 1 heterocycles. The largest absolute Gasteiger partial charge is 0.495 e. The zero-order valence-electron chi connectivity index (χ0n) is 6.43. The molecule has 0 aliphatic carbocycles. The molecule has 0 aliphatic heterocycles. The molecule has 1 aromatic heterocycles. The van der Waals surface area contributed by atoms with E-state index in [1.54, 1.807) is 7.11 Å². The van der Waals surface area contributed by atoms with Crippen LogP contribution in [-0.4, -0.2) is 12.1 Å². The zero-order chi connectivity index (χ0) is 7.56. The molecule has 1 rings (SSSR count). The van der Waals surface area contributed by atoms with E-state index in [-0.39, 0.29) is 0 Å². The van der Waals surface area contributed by atoms with E-state index in [0.717, 1.165) is 17.0 Å². The minimum absolute atomic E-state index is 0.860. The summed E-state index contributed by atoms with van der Waals surface area (Å²) in [6.07, 6.45) is 2.77. The standard InChI is InChI=1S/C8H10NO/c1-6-4-5-9-7(2)8(6)10-3/h4H,1-3H3. The van der Waals surface area contributed by atoms with Crippen LogP contribution in [0.15, 0.2) is 6.07 Å². The average Bonchev–Trinajstić information content (AvgIpc) is 1.88. The highest BCUT2D eigenvalue weighted by Gasteiger charge is 2.00. The van der Waals surface area contributed by atoms with Gasteiger partial charge in [-0.1, -0.05) is 0 Å². The first kappa shape index (κ1) is 7.06. The molecule has 0 aromatic carbocycles. The fraction of sp³-hybridized carbons (Fsp3) is 0.375. The van der Waals surface area contributed by atoms with E-state index in [1.807, 2.05) is 19.9 Å². The van der Waals surface area contributed by atoms with Crippen LogP contribution >= 0.6 is 0 Å². The fourth-order valence-electron chi connectivity index (χ4n) is 0.936. The summed E-state index contributed by atoms with van der Waals surface area (Å²) in [5, 5.41) is 0. The number of aromatic nitrogens is 1. The van der Waals surface area contributed by atoms with Gasteiger partial charge < -0.3 is 4.74 Å². The Morgan fingerprint density at radius 1 is 1.50 bits per heavy atom. The van der Waals surface area contributed by atoms with Gasteiger partial charge in [-0.15, -0.1) is 0 Å². The Morgan fingerprint density at radius 3 is 2.60 bits per heavy atom. The highest BCUT2D eigenvalue weighted by Crippen LogP contribution is 2.18. The van der Waals surface area contributed by atoms with Gasteiger partial charge >= 0.3 is 0 Å². The Hall–Kier alpha value is -1.05. The second kappa shape index (κ2) is 2.69. The first-order valence-electron chi connectivity index (χ1n) is 3.14. The van der Waals surface area contributed by atoms with Gasteiger partial charge in [0, 0.05) is 0 Å². The van der Waals surface area contributed by atoms with Gasteiger partial charge in [-0.2, -0.15) is 0 Å². The highest BCUT2D eigenvalue weighted by molar-refractivity contribution is 5.34. The number of nitrogens with zero attached hydrogens (tertiary/aromatic N) is 1. The van der Waals surface area contributed by atoms with Crippen molar-refractivity contribution in [2.24, 2.45) is 0 Å². The van der Waals surface area contributed by atoms with Crippen LogP contribution in [0.25, 0.3) is 0 Å². The van der Waals surface area contributed by atoms with Crippen molar-refractivity contribution >= 4 is 0 Å². The number of ether oxygens (including phenoxy) is 1. The molecule has 2 nitrogen and oxygen atoms in total. The van der Waals surface area contributed by atoms with Crippen LogP contribution in [0.2, 0.25) is 0 Å². The van der Waals surface area contributed by atoms with E-state index >= 15 is 0 Å². The monoisotopic (exact) mass is 136 g/mol. The Balaban J connectivity index is 3.17. The predicted molar refractivity (Wildman–Crippen MR) is 39.1 cm³/mol. The van der Waals surface area contributed by atoms with Gasteiger partial charge in [0.2, 0.25) is 0 Å². The van der Waals surface area contributed by atoms with E-state index in [4.69, 9.17) is 4.74 Å². The molecule has 53 valence electrons. The third-order valence-electron chi connectivity index (χ3n) is 1.40. The van der Waals surface area contributed by atoms with E-state index in [0.29, 0.717) is 0 Å². The number of methoxy groups -OCH3 is 1. The Bertz CT molecular complexity index is 212. The molecule has 10 heavy (non-hydrogen) atoms. The molecule has 1 aromatic rings. The van der Waals surface area contributed by atoms with Gasteiger partial charge in [0.15, 0.2) is 0 Å². The summed E-state index contributed by atoms with van der Waals surface area (Å²) >= 11 is 0. The van der Waals surface area contributed by atoms with Crippen molar-refractivity contribution < 1.29 is 4.74 Å². The lowest BCUT2D eigenvalue weighted by Gasteiger charge is -2.04. The van der Waals surface area contributed by atoms with Crippen molar-refractivity contribution in [2.75, 3.05) is 7.11 Å². The van der Waals surface area contributed by atoms with Gasteiger partial charge in [-0.25, -0.2) is 4.98 Å². The molecular weight excluding hydrogens is 126 g/mol. The van der Waals surface area contributed by atoms with Crippen LogP contribution in [0, 0.1) is 20.0 Å². The number of aryl methyl sites for hydroxylation is 2. The summed E-state index contributed by atoms with van der Waals surface area (Å²) < 4.78 is 5.09. The summed E-state index contributed by atoms with van der Waals surface area (Å²) in [4.78, 5) is 3.96. The molecule has 0 amide bonds. The molecule has 0 fully saturated rings. The van der Waals surface area contributed by atoms with Crippen LogP contribution in [0.5, 0.6) is 5.75 Å². The highest BCUT2D eigenvalue weighted by atomic mass is 16.5. The topological polar surface area (TPSA) is 22.1 Å². The molecule has 0 aliphatic rings. The second-order valence-corrected chi connectivity index (χ2v) is 2.19. The smallest absolute Gasteiger partial charge is 0.143 e. The predicted octanol–water partition coefficient (Wildman–Crippen LogP) is 1.51. The first-order chi connectivity index (χ1) is 4.75. The second-order valence-electron chi connectivity index (χ2n) is 2.19. The molecule has 0 N–H and O–H groups in total. The Morgan fingerprint density at radius 2 is 2.20 bits per heavy atom. The minimum atomic E-state index is 0.860. The number of hydrogen-bond donors (Lipinski definition) is 0. The summed E-state index contributed by atoms with van der Waals surface area (Å²) in [7, 11) is 1.65. The summed E-state index contributed by atoms with van der Waals surface area (Å²) in [5.74, 6) is 0.860. The molecule has 0 saturated heterocycles. The quantitative estimate of drug-likeness (QED) is 0.583. The summed E-state index contributed by atoms with van der Waals surface area (Å²) in [6.45, 7) is 3.88. The third-order valence-corrected chi connectivity index (χ3v) is 1.40. The van der Waals surface area contributed by atoms with Gasteiger partial charge in [-0.05, 0) is 25.5 Å². The molecule has 0 unspecified atom stereocenters. The van der Waals surface area contributed by atoms with Crippen molar-refractivity contribution in [3.05, 3.63) is 23.5 Å². The molecule has 0 saturated carbocycles. The van der Waals surface area contributed by atoms with E-state index in [1.165, 1.54) is 0 Å². The summed E-state index contributed by atoms with van der Waals surface area (Å²) in [5.41, 5.74) is 1.97. The molecule has 1 radical (unpaired) electrons. The lowest BCUT2D eigenvalue weighted by atomic mass is 10.2. The third kappa shape index (κ3) is 1.10. The lowest BCUT2D eigenvalue weighted by Crippen LogP contribution is -1.92. The maximum atomic E-state index is 5.09. The lowest BCUT2D eigenvalue weighted by molar-refractivity contribution is 0.406. The first-order valence-corrected chi connectivity index (χ1v) is 3.14. The Kier molecular flexibility index (Phi) is 1.90. The van der Waals surface area contributed by atoms with Gasteiger partial charge in [0.1, 0.15) is 5.75 Å². The van der Waals surface area contributed by atoms with Crippen LogP contribution in [0.1, 0.15) is 11.3 Å². The van der Waals surface area contributed by atoms with E-state index in [9.17, 15) is 0 Å². The Labute approximate surface area is 60.9 Å². The van der Waals surface area contributed by atoms with Gasteiger partial charge in [-0.3, -0.25) is 0 Å². The van der Waals surface area contributed by atoms with Crippen LogP contribution in [0.3, 0.4) is 0 Å². The maximum absolute atomic E-state index is 5.09. The average molecular weight is 136 g/mol. The molecular formula is C8H10NO. The van der Waals surface area contributed by atoms with Gasteiger partial charge in [0.05, 0.1) is 19.0 Å². The normalized spacial score (nSPS) is 9.50. The van der Waals surface area contributed by atoms with E-state index in [2.05, 4.69) is 11.2 Å². The number of hydrogen-bond acceptors (Lipinski definition) is 2. The molecule has 0 atom stereocenters. The van der Waals surface area contributed by atoms with Crippen molar-refractivity contribution in [3.8, 4) is 5.75 Å². The zero-order valence-corrected chi connectivity index (χ0v) is 6.43. The number of rotatable bonds is 1. The molecule has 2 heteroatoms. The van der Waals surface area contributed by atoms with Crippen LogP contribution in [-0.2, 0) is 0 Å². The fourth-order valence-corrected chi connectivity index (χ4v) is 0.936. The van der Waals surface area contributed by atoms with Gasteiger partial charge in [0.25, 0.3) is 0 Å². The SMILES string of the molecule is COc1c(C)c[c]nc1C. The van der Waals surface area contributed by atoms with Crippen molar-refractivity contribution in [3.63, 3.8) is 0 Å². The van der Waals surface area contributed by atoms with Crippen LogP contribution < -0.4 is 4.74 Å². The maximum Gasteiger partial charge on any atom is 0.143 e. The van der Waals surface area contributed by atoms with Crippen molar-refractivity contribution in [1.82, 2.24) is 4.98 Å². The molecule has 0 bridgehead atoms.